The number of ether oxygens (including phenoxy) is 1. The van der Waals surface area contributed by atoms with Crippen LogP contribution in [0.5, 0.6) is 0 Å². The molecule has 0 spiro atoms. The van der Waals surface area contributed by atoms with Gasteiger partial charge in [0, 0.05) is 6.54 Å². The molecule has 0 fully saturated rings. The van der Waals surface area contributed by atoms with E-state index in [4.69, 9.17) is 13.6 Å². The van der Waals surface area contributed by atoms with E-state index >= 15 is 0 Å². The van der Waals surface area contributed by atoms with Crippen molar-refractivity contribution in [3.63, 3.8) is 0 Å². The van der Waals surface area contributed by atoms with E-state index in [0.717, 1.165) is 18.6 Å². The average molecular weight is 370 g/mol. The van der Waals surface area contributed by atoms with E-state index in [1.54, 1.807) is 6.26 Å². The average Bonchev–Trinajstić information content (AvgIpc) is 2.92. The Labute approximate surface area is 153 Å². The molecule has 1 rings (SSSR count). The van der Waals surface area contributed by atoms with Gasteiger partial charge in [0.1, 0.15) is 17.5 Å². The van der Waals surface area contributed by atoms with Crippen molar-refractivity contribution in [2.75, 3.05) is 6.54 Å². The van der Waals surface area contributed by atoms with Gasteiger partial charge in [-0.15, -0.1) is 0 Å². The monoisotopic (exact) mass is 369 g/mol. The van der Waals surface area contributed by atoms with E-state index in [2.05, 4.69) is 39.2 Å². The Morgan fingerprint density at radius 2 is 1.88 bits per heavy atom. The second kappa shape index (κ2) is 8.41. The van der Waals surface area contributed by atoms with Crippen LogP contribution in [0.1, 0.15) is 66.2 Å². The van der Waals surface area contributed by atoms with Crippen molar-refractivity contribution in [3.05, 3.63) is 24.2 Å². The van der Waals surface area contributed by atoms with Crippen molar-refractivity contribution in [3.8, 4) is 0 Å². The lowest BCUT2D eigenvalue weighted by atomic mass is 10.1. The van der Waals surface area contributed by atoms with Crippen LogP contribution in [0.4, 0.5) is 4.79 Å². The van der Waals surface area contributed by atoms with Crippen molar-refractivity contribution in [2.45, 2.75) is 84.2 Å². The predicted molar refractivity (Wildman–Crippen MR) is 103 cm³/mol. The molecule has 1 aromatic rings. The predicted octanol–water partition coefficient (Wildman–Crippen LogP) is 5.65. The highest BCUT2D eigenvalue weighted by molar-refractivity contribution is 6.74. The van der Waals surface area contributed by atoms with E-state index in [1.165, 1.54) is 0 Å². The molecule has 0 saturated carbocycles. The third-order valence-corrected chi connectivity index (χ3v) is 8.90. The summed E-state index contributed by atoms with van der Waals surface area (Å²) in [5, 5.41) is 2.93. The molecule has 0 aromatic carbocycles. The molecule has 1 unspecified atom stereocenters. The minimum Gasteiger partial charge on any atom is -0.467 e. The lowest BCUT2D eigenvalue weighted by Gasteiger charge is -2.38. The highest BCUT2D eigenvalue weighted by Gasteiger charge is 2.39. The Hall–Kier alpha value is -1.27. The molecular weight excluding hydrogens is 334 g/mol. The molecule has 0 saturated heterocycles. The lowest BCUT2D eigenvalue weighted by Crippen LogP contribution is -2.42. The Bertz CT molecular complexity index is 527. The van der Waals surface area contributed by atoms with Crippen LogP contribution in [0.3, 0.4) is 0 Å². The first-order valence-corrected chi connectivity index (χ1v) is 11.9. The van der Waals surface area contributed by atoms with Crippen LogP contribution in [0.25, 0.3) is 0 Å². The highest BCUT2D eigenvalue weighted by Crippen LogP contribution is 2.40. The van der Waals surface area contributed by atoms with Crippen molar-refractivity contribution < 1.29 is 18.4 Å². The molecule has 1 atom stereocenters. The van der Waals surface area contributed by atoms with E-state index < -0.39 is 13.9 Å². The molecule has 25 heavy (non-hydrogen) atoms. The van der Waals surface area contributed by atoms with Gasteiger partial charge in [0.15, 0.2) is 8.32 Å². The smallest absolute Gasteiger partial charge is 0.407 e. The van der Waals surface area contributed by atoms with Gasteiger partial charge in [0.25, 0.3) is 0 Å². The minimum absolute atomic E-state index is 0.0867. The fourth-order valence-corrected chi connectivity index (χ4v) is 3.36. The first-order valence-electron chi connectivity index (χ1n) is 9.00. The van der Waals surface area contributed by atoms with E-state index in [9.17, 15) is 4.79 Å². The number of hydrogen-bond donors (Lipinski definition) is 1. The standard InChI is InChI=1S/C19H35NO4Si/c1-18(2,3)23-17(21)20-13-9-11-16(15-12-10-14-22-15)24-25(7,8)19(4,5)6/h10,12,14,16H,9,11,13H2,1-8H3,(H,20,21). The van der Waals surface area contributed by atoms with Gasteiger partial charge in [-0.05, 0) is 63.9 Å². The zero-order chi connectivity index (χ0) is 19.3. The van der Waals surface area contributed by atoms with Crippen LogP contribution in [0.2, 0.25) is 18.1 Å². The van der Waals surface area contributed by atoms with Gasteiger partial charge in [-0.25, -0.2) is 4.79 Å². The molecule has 0 aliphatic rings. The van der Waals surface area contributed by atoms with Crippen molar-refractivity contribution in [1.29, 1.82) is 0 Å². The summed E-state index contributed by atoms with van der Waals surface area (Å²) >= 11 is 0. The van der Waals surface area contributed by atoms with Gasteiger partial charge in [-0.1, -0.05) is 20.8 Å². The van der Waals surface area contributed by atoms with Crippen LogP contribution < -0.4 is 5.32 Å². The molecule has 144 valence electrons. The number of rotatable bonds is 7. The number of nitrogens with one attached hydrogen (secondary N) is 1. The van der Waals surface area contributed by atoms with E-state index in [1.807, 2.05) is 32.9 Å². The Balaban J connectivity index is 2.58. The number of carbonyl (C=O) groups is 1. The summed E-state index contributed by atoms with van der Waals surface area (Å²) in [6.45, 7) is 17.3. The van der Waals surface area contributed by atoms with Gasteiger partial charge in [-0.3, -0.25) is 0 Å². The summed E-state index contributed by atoms with van der Waals surface area (Å²) in [7, 11) is -1.91. The van der Waals surface area contributed by atoms with Crippen molar-refractivity contribution in [1.82, 2.24) is 5.32 Å². The molecule has 1 aromatic heterocycles. The van der Waals surface area contributed by atoms with Crippen LogP contribution in [0, 0.1) is 0 Å². The maximum absolute atomic E-state index is 11.7. The summed E-state index contributed by atoms with van der Waals surface area (Å²) in [5.74, 6) is 0.849. The molecule has 1 heterocycles. The first-order chi connectivity index (χ1) is 11.3. The second-order valence-electron chi connectivity index (χ2n) is 8.95. The zero-order valence-corrected chi connectivity index (χ0v) is 18.1. The third-order valence-electron chi connectivity index (χ3n) is 4.41. The minimum atomic E-state index is -1.91. The Kier molecular flexibility index (Phi) is 7.32. The van der Waals surface area contributed by atoms with E-state index in [0.29, 0.717) is 6.54 Å². The van der Waals surface area contributed by atoms with Gasteiger partial charge < -0.3 is 18.9 Å². The van der Waals surface area contributed by atoms with Crippen LogP contribution >= 0.6 is 0 Å². The molecule has 0 aliphatic carbocycles. The number of amides is 1. The number of hydrogen-bond acceptors (Lipinski definition) is 4. The molecule has 1 N–H and O–H groups in total. The molecule has 6 heteroatoms. The summed E-state index contributed by atoms with van der Waals surface area (Å²) in [6, 6.07) is 3.84. The molecule has 0 aliphatic heterocycles. The summed E-state index contributed by atoms with van der Waals surface area (Å²) in [6.07, 6.45) is 2.79. The summed E-state index contributed by atoms with van der Waals surface area (Å²) in [4.78, 5) is 11.7. The number of furan rings is 1. The second-order valence-corrected chi connectivity index (χ2v) is 13.7. The topological polar surface area (TPSA) is 60.7 Å². The lowest BCUT2D eigenvalue weighted by molar-refractivity contribution is 0.0523. The fraction of sp³-hybridized carbons (Fsp3) is 0.737. The maximum atomic E-state index is 11.7. The zero-order valence-electron chi connectivity index (χ0n) is 17.1. The Morgan fingerprint density at radius 3 is 2.36 bits per heavy atom. The quantitative estimate of drug-likeness (QED) is 0.498. The van der Waals surface area contributed by atoms with Crippen LogP contribution in [-0.2, 0) is 9.16 Å². The molecule has 1 amide bonds. The fourth-order valence-electron chi connectivity index (χ4n) is 2.06. The van der Waals surface area contributed by atoms with Crippen LogP contribution in [0.15, 0.2) is 22.8 Å². The molecule has 0 radical (unpaired) electrons. The van der Waals surface area contributed by atoms with Crippen molar-refractivity contribution in [2.24, 2.45) is 0 Å². The molecular formula is C19H35NO4Si. The van der Waals surface area contributed by atoms with Gasteiger partial charge >= 0.3 is 6.09 Å². The third kappa shape index (κ3) is 7.65. The first kappa shape index (κ1) is 21.8. The maximum Gasteiger partial charge on any atom is 0.407 e. The van der Waals surface area contributed by atoms with Gasteiger partial charge in [-0.2, -0.15) is 0 Å². The van der Waals surface area contributed by atoms with E-state index in [-0.39, 0.29) is 17.2 Å². The van der Waals surface area contributed by atoms with Gasteiger partial charge in [0.05, 0.1) is 6.26 Å². The summed E-state index contributed by atoms with van der Waals surface area (Å²) < 4.78 is 17.4. The SMILES string of the molecule is CC(C)(C)OC(=O)NCCCC(O[Si](C)(C)C(C)(C)C)c1ccco1. The largest absolute Gasteiger partial charge is 0.467 e. The molecule has 5 nitrogen and oxygen atoms in total. The summed E-state index contributed by atoms with van der Waals surface area (Å²) in [5.41, 5.74) is -0.480. The van der Waals surface area contributed by atoms with Crippen molar-refractivity contribution >= 4 is 14.4 Å². The molecule has 0 bridgehead atoms. The number of alkyl carbamates (subject to hydrolysis) is 1. The Morgan fingerprint density at radius 1 is 1.24 bits per heavy atom. The normalized spacial score (nSPS) is 14.2. The van der Waals surface area contributed by atoms with Crippen LogP contribution in [-0.4, -0.2) is 26.6 Å². The van der Waals surface area contributed by atoms with Gasteiger partial charge in [0.2, 0.25) is 0 Å². The number of carbonyl (C=O) groups excluding carboxylic acids is 1. The highest BCUT2D eigenvalue weighted by atomic mass is 28.4.